The first-order valence-electron chi connectivity index (χ1n) is 7.51. The van der Waals surface area contributed by atoms with Crippen molar-refractivity contribution in [3.8, 4) is 11.3 Å². The van der Waals surface area contributed by atoms with Gasteiger partial charge in [0.25, 0.3) is 0 Å². The minimum atomic E-state index is 0.794. The number of aryl methyl sites for hydroxylation is 3. The van der Waals surface area contributed by atoms with Crippen LogP contribution in [0.3, 0.4) is 0 Å². The number of nitrogens with one attached hydrogen (secondary N) is 1. The quantitative estimate of drug-likeness (QED) is 0.531. The van der Waals surface area contributed by atoms with Crippen LogP contribution in [-0.2, 0) is 0 Å². The van der Waals surface area contributed by atoms with Gasteiger partial charge in [0.15, 0.2) is 0 Å². The topological polar surface area (TPSA) is 37.3 Å². The molecule has 1 aromatic heterocycles. The molecule has 3 nitrogen and oxygen atoms in total. The molecule has 0 unspecified atom stereocenters. The van der Waals surface area contributed by atoms with Crippen LogP contribution in [0.4, 0.5) is 5.13 Å². The van der Waals surface area contributed by atoms with Gasteiger partial charge in [-0.2, -0.15) is 5.10 Å². The molecule has 0 fully saturated rings. The number of hydrogen-bond acceptors (Lipinski definition) is 4. The summed E-state index contributed by atoms with van der Waals surface area (Å²) in [5.74, 6) is 0. The zero-order chi connectivity index (χ0) is 16.2. The molecule has 0 spiro atoms. The molecule has 0 radical (unpaired) electrons. The largest absolute Gasteiger partial charge is 0.253 e. The lowest BCUT2D eigenvalue weighted by Crippen LogP contribution is -1.90. The maximum atomic E-state index is 4.59. The van der Waals surface area contributed by atoms with E-state index in [9.17, 15) is 0 Å². The first-order chi connectivity index (χ1) is 11.1. The number of rotatable bonds is 4. The first-order valence-corrected chi connectivity index (χ1v) is 8.39. The van der Waals surface area contributed by atoms with Gasteiger partial charge in [0.05, 0.1) is 11.9 Å². The molecule has 0 saturated heterocycles. The molecule has 3 aromatic rings. The molecule has 0 amide bonds. The van der Waals surface area contributed by atoms with Gasteiger partial charge in [-0.1, -0.05) is 42.0 Å². The van der Waals surface area contributed by atoms with Crippen molar-refractivity contribution in [2.45, 2.75) is 20.8 Å². The van der Waals surface area contributed by atoms with Gasteiger partial charge in [-0.25, -0.2) is 4.98 Å². The number of aromatic nitrogens is 1. The van der Waals surface area contributed by atoms with E-state index in [1.807, 2.05) is 18.3 Å². The molecule has 0 saturated carbocycles. The summed E-state index contributed by atoms with van der Waals surface area (Å²) in [5, 5.41) is 7.11. The van der Waals surface area contributed by atoms with E-state index in [1.54, 1.807) is 11.3 Å². The van der Waals surface area contributed by atoms with Crippen molar-refractivity contribution in [3.05, 3.63) is 70.1 Å². The van der Waals surface area contributed by atoms with Gasteiger partial charge < -0.3 is 0 Å². The third kappa shape index (κ3) is 3.85. The van der Waals surface area contributed by atoms with Gasteiger partial charge in [0.1, 0.15) is 0 Å². The summed E-state index contributed by atoms with van der Waals surface area (Å²) in [6.45, 7) is 6.31. The van der Waals surface area contributed by atoms with Crippen molar-refractivity contribution in [1.82, 2.24) is 4.98 Å². The second-order valence-corrected chi connectivity index (χ2v) is 6.48. The molecule has 0 bridgehead atoms. The molecule has 23 heavy (non-hydrogen) atoms. The van der Waals surface area contributed by atoms with Crippen molar-refractivity contribution < 1.29 is 0 Å². The Bertz CT molecular complexity index is 849. The van der Waals surface area contributed by atoms with E-state index in [1.165, 1.54) is 16.7 Å². The molecule has 4 heteroatoms. The Morgan fingerprint density at radius 2 is 1.91 bits per heavy atom. The van der Waals surface area contributed by atoms with Crippen LogP contribution in [0.15, 0.2) is 52.9 Å². The third-order valence-electron chi connectivity index (χ3n) is 3.72. The smallest absolute Gasteiger partial charge is 0.203 e. The lowest BCUT2D eigenvalue weighted by molar-refractivity contribution is 1.28. The Labute approximate surface area is 140 Å². The van der Waals surface area contributed by atoms with E-state index in [2.05, 4.69) is 72.0 Å². The summed E-state index contributed by atoms with van der Waals surface area (Å²) in [6.07, 6.45) is 1.81. The van der Waals surface area contributed by atoms with E-state index in [4.69, 9.17) is 0 Å². The van der Waals surface area contributed by atoms with Gasteiger partial charge in [-0.3, -0.25) is 5.43 Å². The van der Waals surface area contributed by atoms with Gasteiger partial charge >= 0.3 is 0 Å². The predicted octanol–water partition coefficient (Wildman–Crippen LogP) is 5.18. The third-order valence-corrected chi connectivity index (χ3v) is 4.47. The van der Waals surface area contributed by atoms with Gasteiger partial charge in [-0.05, 0) is 43.5 Å². The zero-order valence-electron chi connectivity index (χ0n) is 13.5. The molecule has 2 aromatic carbocycles. The van der Waals surface area contributed by atoms with Gasteiger partial charge in [0, 0.05) is 10.9 Å². The zero-order valence-corrected chi connectivity index (χ0v) is 14.3. The number of hydrogen-bond donors (Lipinski definition) is 1. The van der Waals surface area contributed by atoms with E-state index < -0.39 is 0 Å². The highest BCUT2D eigenvalue weighted by molar-refractivity contribution is 7.14. The van der Waals surface area contributed by atoms with Crippen LogP contribution in [-0.4, -0.2) is 11.2 Å². The van der Waals surface area contributed by atoms with E-state index in [0.29, 0.717) is 0 Å². The van der Waals surface area contributed by atoms with Crippen LogP contribution >= 0.6 is 11.3 Å². The number of nitrogens with zero attached hydrogens (tertiary/aromatic N) is 2. The van der Waals surface area contributed by atoms with Gasteiger partial charge in [0.2, 0.25) is 5.13 Å². The SMILES string of the molecule is Cc1cccc(/C=N\Nc2nc(-c3ccc(C)c(C)c3)cs2)c1. The van der Waals surface area contributed by atoms with Crippen LogP contribution in [0.25, 0.3) is 11.3 Å². The number of anilines is 1. The van der Waals surface area contributed by atoms with E-state index >= 15 is 0 Å². The lowest BCUT2D eigenvalue weighted by Gasteiger charge is -2.02. The van der Waals surface area contributed by atoms with Crippen LogP contribution in [0.1, 0.15) is 22.3 Å². The summed E-state index contributed by atoms with van der Waals surface area (Å²) >= 11 is 1.56. The normalized spacial score (nSPS) is 11.1. The van der Waals surface area contributed by atoms with Crippen molar-refractivity contribution in [2.75, 3.05) is 5.43 Å². The fraction of sp³-hybridized carbons (Fsp3) is 0.158. The highest BCUT2D eigenvalue weighted by Gasteiger charge is 2.05. The monoisotopic (exact) mass is 321 g/mol. The number of benzene rings is 2. The summed E-state index contributed by atoms with van der Waals surface area (Å²) in [6, 6.07) is 14.6. The second kappa shape index (κ2) is 6.75. The fourth-order valence-electron chi connectivity index (χ4n) is 2.27. The fourth-order valence-corrected chi connectivity index (χ4v) is 2.94. The van der Waals surface area contributed by atoms with Crippen molar-refractivity contribution in [2.24, 2.45) is 5.10 Å². The molecule has 1 heterocycles. The Hall–Kier alpha value is -2.46. The van der Waals surface area contributed by atoms with Crippen LogP contribution in [0, 0.1) is 20.8 Å². The Kier molecular flexibility index (Phi) is 4.53. The maximum Gasteiger partial charge on any atom is 0.203 e. The van der Waals surface area contributed by atoms with Gasteiger partial charge in [-0.15, -0.1) is 11.3 Å². The molecule has 0 aliphatic carbocycles. The standard InChI is InChI=1S/C19H19N3S/c1-13-5-4-6-16(9-13)11-20-22-19-21-18(12-23-19)17-8-7-14(2)15(3)10-17/h4-12H,1-3H3,(H,21,22)/b20-11-. The minimum Gasteiger partial charge on any atom is -0.253 e. The van der Waals surface area contributed by atoms with E-state index in [0.717, 1.165) is 22.0 Å². The predicted molar refractivity (Wildman–Crippen MR) is 99.4 cm³/mol. The van der Waals surface area contributed by atoms with Crippen LogP contribution in [0.2, 0.25) is 0 Å². The number of hydrazone groups is 1. The number of thiazole rings is 1. The molecule has 0 atom stereocenters. The first kappa shape index (κ1) is 15.4. The Morgan fingerprint density at radius 3 is 2.70 bits per heavy atom. The summed E-state index contributed by atoms with van der Waals surface area (Å²) in [7, 11) is 0. The molecular weight excluding hydrogens is 302 g/mol. The van der Waals surface area contributed by atoms with Crippen molar-refractivity contribution >= 4 is 22.7 Å². The van der Waals surface area contributed by atoms with Crippen LogP contribution in [0.5, 0.6) is 0 Å². The molecule has 116 valence electrons. The lowest BCUT2D eigenvalue weighted by atomic mass is 10.1. The maximum absolute atomic E-state index is 4.59. The van der Waals surface area contributed by atoms with E-state index in [-0.39, 0.29) is 0 Å². The molecule has 3 rings (SSSR count). The molecular formula is C19H19N3S. The molecule has 0 aliphatic rings. The summed E-state index contributed by atoms with van der Waals surface area (Å²) in [4.78, 5) is 4.59. The average molecular weight is 321 g/mol. The average Bonchev–Trinajstić information content (AvgIpc) is 2.99. The highest BCUT2D eigenvalue weighted by atomic mass is 32.1. The second-order valence-electron chi connectivity index (χ2n) is 5.62. The van der Waals surface area contributed by atoms with Crippen molar-refractivity contribution in [1.29, 1.82) is 0 Å². The highest BCUT2D eigenvalue weighted by Crippen LogP contribution is 2.26. The minimum absolute atomic E-state index is 0.794. The Balaban J connectivity index is 1.71. The summed E-state index contributed by atoms with van der Waals surface area (Å²) < 4.78 is 0. The molecule has 1 N–H and O–H groups in total. The van der Waals surface area contributed by atoms with Crippen molar-refractivity contribution in [3.63, 3.8) is 0 Å². The van der Waals surface area contributed by atoms with Crippen LogP contribution < -0.4 is 5.43 Å². The Morgan fingerprint density at radius 1 is 1.04 bits per heavy atom. The molecule has 0 aliphatic heterocycles. The summed E-state index contributed by atoms with van der Waals surface area (Å²) in [5.41, 5.74) is 9.99.